The molecule has 0 radical (unpaired) electrons. The van der Waals surface area contributed by atoms with Crippen molar-refractivity contribution in [3.63, 3.8) is 0 Å². The van der Waals surface area contributed by atoms with Gasteiger partial charge in [0.05, 0.1) is 5.75 Å². The van der Waals surface area contributed by atoms with Gasteiger partial charge in [-0.25, -0.2) is 4.79 Å². The lowest BCUT2D eigenvalue weighted by atomic mass is 9.91. The zero-order valence-electron chi connectivity index (χ0n) is 18.4. The lowest BCUT2D eigenvalue weighted by Gasteiger charge is -2.49. The van der Waals surface area contributed by atoms with Crippen LogP contribution in [0.2, 0.25) is 0 Å². The van der Waals surface area contributed by atoms with Gasteiger partial charge in [0.2, 0.25) is 11.8 Å². The zero-order chi connectivity index (χ0) is 23.8. The maximum absolute atomic E-state index is 13.0. The number of aliphatic carboxylic acids is 1. The van der Waals surface area contributed by atoms with E-state index in [1.54, 1.807) is 0 Å². The van der Waals surface area contributed by atoms with E-state index in [1.807, 2.05) is 30.3 Å². The van der Waals surface area contributed by atoms with Crippen molar-refractivity contribution in [3.8, 4) is 0 Å². The highest BCUT2D eigenvalue weighted by Crippen LogP contribution is 2.46. The number of hydrogen-bond donors (Lipinski definition) is 3. The lowest BCUT2D eigenvalue weighted by molar-refractivity contribution is -0.150. The summed E-state index contributed by atoms with van der Waals surface area (Å²) in [5.41, 5.74) is 1.97. The molecule has 8 nitrogen and oxygen atoms in total. The van der Waals surface area contributed by atoms with Crippen molar-refractivity contribution >= 4 is 47.2 Å². The summed E-state index contributed by atoms with van der Waals surface area (Å²) in [6.07, 6.45) is 3.37. The van der Waals surface area contributed by atoms with Gasteiger partial charge in [-0.2, -0.15) is 0 Å². The van der Waals surface area contributed by atoms with Crippen molar-refractivity contribution in [2.45, 2.75) is 42.0 Å². The normalized spacial score (nSPS) is 25.5. The SMILES string of the molecule is O=C(CSc1ccccc1)N[C@@H]1C(=O)N2C(C(=O)O)=C(C(CC3CC3)=C3CCNC3=O)CS[C@H]12. The van der Waals surface area contributed by atoms with Gasteiger partial charge in [0.15, 0.2) is 0 Å². The molecule has 1 aliphatic carbocycles. The van der Waals surface area contributed by atoms with Crippen LogP contribution < -0.4 is 10.6 Å². The van der Waals surface area contributed by atoms with E-state index in [9.17, 15) is 24.3 Å². The van der Waals surface area contributed by atoms with Gasteiger partial charge in [0.1, 0.15) is 17.1 Å². The van der Waals surface area contributed by atoms with Crippen molar-refractivity contribution in [1.82, 2.24) is 15.5 Å². The van der Waals surface area contributed by atoms with Gasteiger partial charge in [0.25, 0.3) is 5.91 Å². The average Bonchev–Trinajstić information content (AvgIpc) is 3.57. The molecule has 3 amide bonds. The third-order valence-corrected chi connectivity index (χ3v) is 8.75. The third kappa shape index (κ3) is 4.48. The number of carbonyl (C=O) groups excluding carboxylic acids is 3. The number of fused-ring (bicyclic) bond motifs is 1. The molecule has 2 saturated heterocycles. The van der Waals surface area contributed by atoms with Crippen LogP contribution in [0.5, 0.6) is 0 Å². The number of rotatable bonds is 8. The number of hydrogen-bond acceptors (Lipinski definition) is 6. The number of thioether (sulfide) groups is 2. The molecule has 3 fully saturated rings. The molecular formula is C24H25N3O5S2. The van der Waals surface area contributed by atoms with Gasteiger partial charge >= 0.3 is 5.97 Å². The topological polar surface area (TPSA) is 116 Å². The maximum Gasteiger partial charge on any atom is 0.352 e. The van der Waals surface area contributed by atoms with Gasteiger partial charge < -0.3 is 15.7 Å². The molecule has 34 heavy (non-hydrogen) atoms. The molecule has 0 spiro atoms. The summed E-state index contributed by atoms with van der Waals surface area (Å²) >= 11 is 2.82. The molecule has 3 N–H and O–H groups in total. The Balaban J connectivity index is 1.34. The summed E-state index contributed by atoms with van der Waals surface area (Å²) in [4.78, 5) is 52.5. The minimum absolute atomic E-state index is 0.0410. The Morgan fingerprint density at radius 3 is 2.62 bits per heavy atom. The largest absolute Gasteiger partial charge is 0.477 e. The molecule has 0 aromatic heterocycles. The van der Waals surface area contributed by atoms with E-state index in [2.05, 4.69) is 10.6 Å². The van der Waals surface area contributed by atoms with Crippen molar-refractivity contribution in [3.05, 3.63) is 52.7 Å². The van der Waals surface area contributed by atoms with Gasteiger partial charge in [-0.1, -0.05) is 18.2 Å². The number of benzene rings is 1. The Morgan fingerprint density at radius 2 is 1.97 bits per heavy atom. The minimum atomic E-state index is -1.18. The first kappa shape index (κ1) is 23.0. The second kappa shape index (κ2) is 9.50. The number of carboxylic acid groups (broad SMARTS) is 1. The average molecular weight is 500 g/mol. The molecule has 5 rings (SSSR count). The van der Waals surface area contributed by atoms with E-state index in [0.29, 0.717) is 42.2 Å². The van der Waals surface area contributed by atoms with Crippen LogP contribution in [0.4, 0.5) is 0 Å². The number of allylic oxidation sites excluding steroid dienone is 1. The molecule has 4 aliphatic rings. The predicted molar refractivity (Wildman–Crippen MR) is 129 cm³/mol. The first-order chi connectivity index (χ1) is 16.4. The molecule has 1 aromatic rings. The van der Waals surface area contributed by atoms with E-state index in [0.717, 1.165) is 23.3 Å². The molecule has 178 valence electrons. The van der Waals surface area contributed by atoms with E-state index >= 15 is 0 Å². The van der Waals surface area contributed by atoms with E-state index in [1.165, 1.54) is 28.4 Å². The molecule has 10 heteroatoms. The van der Waals surface area contributed by atoms with Crippen LogP contribution in [-0.2, 0) is 19.2 Å². The number of β-lactam (4-membered cyclic amide) rings is 1. The van der Waals surface area contributed by atoms with E-state index < -0.39 is 23.3 Å². The fourth-order valence-corrected chi connectivity index (χ4v) is 6.69. The molecule has 3 heterocycles. The Hall–Kier alpha value is -2.72. The molecule has 2 atom stereocenters. The van der Waals surface area contributed by atoms with Crippen molar-refractivity contribution in [2.75, 3.05) is 18.1 Å². The number of amides is 3. The van der Waals surface area contributed by atoms with Crippen molar-refractivity contribution in [2.24, 2.45) is 5.92 Å². The summed E-state index contributed by atoms with van der Waals surface area (Å²) in [6, 6.07) is 8.76. The predicted octanol–water partition coefficient (Wildman–Crippen LogP) is 2.13. The molecule has 0 unspecified atom stereocenters. The molecule has 3 aliphatic heterocycles. The van der Waals surface area contributed by atoms with Crippen LogP contribution in [0.15, 0.2) is 57.6 Å². The standard InChI is InChI=1S/C24H25N3O5S2/c28-18(12-33-14-4-2-1-3-5-14)26-19-22(30)27-20(24(31)32)17(11-34-23(19)27)16(10-13-6-7-13)15-8-9-25-21(15)29/h1-5,13,19,23H,6-12H2,(H,25,29)(H,26,28)(H,31,32)/t19-,23-/m1/s1. The van der Waals surface area contributed by atoms with Crippen molar-refractivity contribution in [1.29, 1.82) is 0 Å². The highest BCUT2D eigenvalue weighted by Gasteiger charge is 2.54. The smallest absolute Gasteiger partial charge is 0.352 e. The monoisotopic (exact) mass is 499 g/mol. The second-order valence-electron chi connectivity index (χ2n) is 8.80. The molecule has 0 bridgehead atoms. The summed E-state index contributed by atoms with van der Waals surface area (Å²) in [5, 5.41) is 15.2. The second-order valence-corrected chi connectivity index (χ2v) is 11.0. The lowest BCUT2D eigenvalue weighted by Crippen LogP contribution is -2.70. The molecule has 1 saturated carbocycles. The van der Waals surface area contributed by atoms with Gasteiger partial charge in [0, 0.05) is 22.8 Å². The molecular weight excluding hydrogens is 474 g/mol. The number of carboxylic acids is 1. The Labute approximate surface area is 205 Å². The Morgan fingerprint density at radius 1 is 1.21 bits per heavy atom. The zero-order valence-corrected chi connectivity index (χ0v) is 20.0. The van der Waals surface area contributed by atoms with Gasteiger partial charge in [-0.15, -0.1) is 23.5 Å². The summed E-state index contributed by atoms with van der Waals surface area (Å²) in [6.45, 7) is 0.547. The number of nitrogens with zero attached hydrogens (tertiary/aromatic N) is 1. The van der Waals surface area contributed by atoms with Gasteiger partial charge in [-0.3, -0.25) is 19.3 Å². The molecule has 1 aromatic carbocycles. The highest BCUT2D eigenvalue weighted by molar-refractivity contribution is 8.00. The summed E-state index contributed by atoms with van der Waals surface area (Å²) in [5.74, 6) is -0.982. The Bertz CT molecular complexity index is 1110. The minimum Gasteiger partial charge on any atom is -0.477 e. The summed E-state index contributed by atoms with van der Waals surface area (Å²) < 4.78 is 0. The maximum atomic E-state index is 13.0. The number of carbonyl (C=O) groups is 4. The number of nitrogens with one attached hydrogen (secondary N) is 2. The summed E-state index contributed by atoms with van der Waals surface area (Å²) in [7, 11) is 0. The fourth-order valence-electron chi connectivity index (χ4n) is 4.58. The first-order valence-corrected chi connectivity index (χ1v) is 13.4. The van der Waals surface area contributed by atoms with Crippen LogP contribution in [0.1, 0.15) is 25.7 Å². The van der Waals surface area contributed by atoms with Crippen LogP contribution in [0.3, 0.4) is 0 Å². The quantitative estimate of drug-likeness (QED) is 0.285. The van der Waals surface area contributed by atoms with Crippen LogP contribution in [0.25, 0.3) is 0 Å². The first-order valence-electron chi connectivity index (χ1n) is 11.3. The van der Waals surface area contributed by atoms with Crippen molar-refractivity contribution < 1.29 is 24.3 Å². The Kier molecular flexibility index (Phi) is 6.44. The van der Waals surface area contributed by atoms with Crippen LogP contribution in [-0.4, -0.2) is 63.2 Å². The third-order valence-electron chi connectivity index (χ3n) is 6.45. The highest BCUT2D eigenvalue weighted by atomic mass is 32.2. The van der Waals surface area contributed by atoms with E-state index in [-0.39, 0.29) is 23.3 Å². The van der Waals surface area contributed by atoms with Crippen LogP contribution in [0, 0.1) is 5.92 Å². The van der Waals surface area contributed by atoms with Gasteiger partial charge in [-0.05, 0) is 54.9 Å². The van der Waals surface area contributed by atoms with E-state index in [4.69, 9.17) is 0 Å². The fraction of sp³-hybridized carbons (Fsp3) is 0.417. The van der Waals surface area contributed by atoms with Crippen LogP contribution >= 0.6 is 23.5 Å².